The van der Waals surface area contributed by atoms with Crippen LogP contribution in [0.4, 0.5) is 0 Å². The van der Waals surface area contributed by atoms with Gasteiger partial charge >= 0.3 is 5.97 Å². The van der Waals surface area contributed by atoms with Gasteiger partial charge in [0.05, 0.1) is 22.4 Å². The van der Waals surface area contributed by atoms with Crippen molar-refractivity contribution < 1.29 is 18.3 Å². The van der Waals surface area contributed by atoms with Gasteiger partial charge in [0.15, 0.2) is 0 Å². The van der Waals surface area contributed by atoms with Gasteiger partial charge in [0, 0.05) is 10.5 Å². The largest absolute Gasteiger partial charge is 0.478 e. The van der Waals surface area contributed by atoms with Gasteiger partial charge in [-0.1, -0.05) is 6.42 Å². The van der Waals surface area contributed by atoms with Gasteiger partial charge < -0.3 is 5.11 Å². The summed E-state index contributed by atoms with van der Waals surface area (Å²) in [5.41, 5.74) is -0.124. The molecule has 0 bridgehead atoms. The molecule has 1 aromatic rings. The van der Waals surface area contributed by atoms with Gasteiger partial charge in [0.25, 0.3) is 0 Å². The molecular formula is C13H13BrN2O4S. The summed E-state index contributed by atoms with van der Waals surface area (Å²) in [5, 5.41) is 18.0. The number of hydrogen-bond acceptors (Lipinski definition) is 4. The van der Waals surface area contributed by atoms with E-state index in [4.69, 9.17) is 10.4 Å². The number of carboxylic acid groups (broad SMARTS) is 1. The monoisotopic (exact) mass is 372 g/mol. The first-order valence-corrected chi connectivity index (χ1v) is 8.57. The van der Waals surface area contributed by atoms with Crippen LogP contribution in [0, 0.1) is 17.2 Å². The third-order valence-corrected chi connectivity index (χ3v) is 5.65. The van der Waals surface area contributed by atoms with Gasteiger partial charge in [0.2, 0.25) is 10.0 Å². The molecule has 112 valence electrons. The van der Waals surface area contributed by atoms with Crippen molar-refractivity contribution in [3.05, 3.63) is 28.2 Å². The molecule has 6 nitrogen and oxygen atoms in total. The summed E-state index contributed by atoms with van der Waals surface area (Å²) in [6.07, 6.45) is 2.08. The summed E-state index contributed by atoms with van der Waals surface area (Å²) in [4.78, 5) is 10.9. The number of nitrogens with zero attached hydrogens (tertiary/aromatic N) is 1. The second-order valence-corrected chi connectivity index (χ2v) is 7.41. The predicted molar refractivity (Wildman–Crippen MR) is 78.2 cm³/mol. The molecule has 21 heavy (non-hydrogen) atoms. The number of rotatable bonds is 4. The molecular weight excluding hydrogens is 360 g/mol. The van der Waals surface area contributed by atoms with Gasteiger partial charge in [0.1, 0.15) is 0 Å². The number of hydrogen-bond donors (Lipinski definition) is 2. The van der Waals surface area contributed by atoms with Crippen molar-refractivity contribution >= 4 is 31.9 Å². The van der Waals surface area contributed by atoms with Crippen LogP contribution in [0.15, 0.2) is 27.6 Å². The molecule has 1 saturated carbocycles. The van der Waals surface area contributed by atoms with E-state index in [1.807, 2.05) is 0 Å². The Bertz CT molecular complexity index is 711. The number of sulfonamides is 1. The zero-order valence-corrected chi connectivity index (χ0v) is 13.3. The van der Waals surface area contributed by atoms with Crippen LogP contribution in [-0.2, 0) is 10.0 Å². The summed E-state index contributed by atoms with van der Waals surface area (Å²) in [6.45, 7) is 0. The van der Waals surface area contributed by atoms with Crippen molar-refractivity contribution in [3.63, 3.8) is 0 Å². The summed E-state index contributed by atoms with van der Waals surface area (Å²) < 4.78 is 27.4. The molecule has 8 heteroatoms. The third kappa shape index (κ3) is 3.43. The number of nitrogens with one attached hydrogen (secondary N) is 1. The molecule has 0 spiro atoms. The second kappa shape index (κ2) is 6.13. The van der Waals surface area contributed by atoms with Crippen molar-refractivity contribution in [3.8, 4) is 6.07 Å². The fraction of sp³-hybridized carbons (Fsp3) is 0.385. The highest BCUT2D eigenvalue weighted by atomic mass is 79.9. The van der Waals surface area contributed by atoms with Crippen LogP contribution < -0.4 is 4.72 Å². The maximum Gasteiger partial charge on any atom is 0.336 e. The Morgan fingerprint density at radius 2 is 2.14 bits per heavy atom. The SMILES string of the molecule is N#CC1CCCC1NS(=O)(=O)c1ccc(Br)c(C(=O)O)c1. The highest BCUT2D eigenvalue weighted by Gasteiger charge is 2.31. The van der Waals surface area contributed by atoms with E-state index >= 15 is 0 Å². The summed E-state index contributed by atoms with van der Waals surface area (Å²) in [6, 6.07) is 5.49. The Morgan fingerprint density at radius 3 is 2.76 bits per heavy atom. The van der Waals surface area contributed by atoms with Crippen LogP contribution in [-0.4, -0.2) is 25.5 Å². The Kier molecular flexibility index (Phi) is 4.66. The molecule has 2 unspecified atom stereocenters. The summed E-state index contributed by atoms with van der Waals surface area (Å²) >= 11 is 3.07. The second-order valence-electron chi connectivity index (χ2n) is 4.84. The minimum absolute atomic E-state index is 0.119. The van der Waals surface area contributed by atoms with E-state index in [2.05, 4.69) is 26.7 Å². The Hall–Kier alpha value is -1.43. The van der Waals surface area contributed by atoms with Crippen LogP contribution in [0.3, 0.4) is 0 Å². The molecule has 1 fully saturated rings. The Balaban J connectivity index is 2.30. The van der Waals surface area contributed by atoms with E-state index in [1.165, 1.54) is 12.1 Å². The Labute approximate surface area is 131 Å². The lowest BCUT2D eigenvalue weighted by Gasteiger charge is -2.16. The normalized spacial score (nSPS) is 21.9. The quantitative estimate of drug-likeness (QED) is 0.841. The van der Waals surface area contributed by atoms with Crippen LogP contribution in [0.5, 0.6) is 0 Å². The van der Waals surface area contributed by atoms with E-state index < -0.39 is 22.0 Å². The average molecular weight is 373 g/mol. The number of halogens is 1. The zero-order chi connectivity index (χ0) is 15.6. The van der Waals surface area contributed by atoms with Gasteiger partial charge in [-0.2, -0.15) is 5.26 Å². The molecule has 1 aliphatic rings. The minimum atomic E-state index is -3.84. The van der Waals surface area contributed by atoms with Gasteiger partial charge in [-0.15, -0.1) is 0 Å². The summed E-state index contributed by atoms with van der Waals surface area (Å²) in [7, 11) is -3.84. The smallest absolute Gasteiger partial charge is 0.336 e. The van der Waals surface area contributed by atoms with E-state index in [9.17, 15) is 13.2 Å². The number of aromatic carboxylic acids is 1. The fourth-order valence-corrected chi connectivity index (χ4v) is 4.11. The van der Waals surface area contributed by atoms with Crippen LogP contribution in [0.1, 0.15) is 29.6 Å². The molecule has 2 N–H and O–H groups in total. The van der Waals surface area contributed by atoms with Crippen LogP contribution >= 0.6 is 15.9 Å². The molecule has 0 radical (unpaired) electrons. The molecule has 0 saturated heterocycles. The zero-order valence-electron chi connectivity index (χ0n) is 10.9. The lowest BCUT2D eigenvalue weighted by Crippen LogP contribution is -2.36. The number of carbonyl (C=O) groups is 1. The van der Waals surface area contributed by atoms with Crippen molar-refractivity contribution in [2.24, 2.45) is 5.92 Å². The Morgan fingerprint density at radius 1 is 1.43 bits per heavy atom. The lowest BCUT2D eigenvalue weighted by molar-refractivity contribution is 0.0695. The van der Waals surface area contributed by atoms with Gasteiger partial charge in [-0.25, -0.2) is 17.9 Å². The van der Waals surface area contributed by atoms with Crippen LogP contribution in [0.25, 0.3) is 0 Å². The highest BCUT2D eigenvalue weighted by Crippen LogP contribution is 2.27. The first-order valence-electron chi connectivity index (χ1n) is 6.30. The first kappa shape index (κ1) is 15.9. The van der Waals surface area contributed by atoms with E-state index in [0.717, 1.165) is 12.5 Å². The van der Waals surface area contributed by atoms with E-state index in [-0.39, 0.29) is 16.4 Å². The maximum absolute atomic E-state index is 12.3. The summed E-state index contributed by atoms with van der Waals surface area (Å²) in [5.74, 6) is -1.55. The molecule has 1 aromatic carbocycles. The average Bonchev–Trinajstić information content (AvgIpc) is 2.85. The minimum Gasteiger partial charge on any atom is -0.478 e. The molecule has 0 heterocycles. The molecule has 0 amide bonds. The standard InChI is InChI=1S/C13H13BrN2O4S/c14-11-5-4-9(6-10(11)13(17)18)21(19,20)16-12-3-1-2-8(12)7-15/h4-6,8,12,16H,1-3H2,(H,17,18). The third-order valence-electron chi connectivity index (χ3n) is 3.47. The van der Waals surface area contributed by atoms with E-state index in [1.54, 1.807) is 0 Å². The molecule has 0 aliphatic heterocycles. The van der Waals surface area contributed by atoms with Crippen molar-refractivity contribution in [1.82, 2.24) is 4.72 Å². The van der Waals surface area contributed by atoms with Crippen molar-refractivity contribution in [2.45, 2.75) is 30.2 Å². The van der Waals surface area contributed by atoms with Crippen molar-refractivity contribution in [2.75, 3.05) is 0 Å². The maximum atomic E-state index is 12.3. The number of nitriles is 1. The van der Waals surface area contributed by atoms with Gasteiger partial charge in [-0.05, 0) is 47.0 Å². The van der Waals surface area contributed by atoms with Crippen molar-refractivity contribution in [1.29, 1.82) is 5.26 Å². The highest BCUT2D eigenvalue weighted by molar-refractivity contribution is 9.10. The van der Waals surface area contributed by atoms with Gasteiger partial charge in [-0.3, -0.25) is 0 Å². The fourth-order valence-electron chi connectivity index (χ4n) is 2.36. The topological polar surface area (TPSA) is 107 Å². The first-order chi connectivity index (χ1) is 9.85. The predicted octanol–water partition coefficient (Wildman–Crippen LogP) is 2.12. The number of carboxylic acids is 1. The van der Waals surface area contributed by atoms with E-state index in [0.29, 0.717) is 17.3 Å². The van der Waals surface area contributed by atoms with Crippen LogP contribution in [0.2, 0.25) is 0 Å². The molecule has 1 aliphatic carbocycles. The molecule has 2 atom stereocenters. The lowest BCUT2D eigenvalue weighted by atomic mass is 10.1. The molecule has 0 aromatic heterocycles. The molecule has 2 rings (SSSR count). The number of benzene rings is 1.